The van der Waals surface area contributed by atoms with Gasteiger partial charge in [0, 0.05) is 23.6 Å². The number of hydrogen-bond donors (Lipinski definition) is 0. The first kappa shape index (κ1) is 13.6. The summed E-state index contributed by atoms with van der Waals surface area (Å²) in [6.07, 6.45) is 1.62. The van der Waals surface area contributed by atoms with Gasteiger partial charge in [-0.05, 0) is 18.6 Å². The highest BCUT2D eigenvalue weighted by atomic mass is 35.5. The third-order valence-electron chi connectivity index (χ3n) is 2.40. The molecule has 92 valence electrons. The van der Waals surface area contributed by atoms with Crippen molar-refractivity contribution in [3.8, 4) is 0 Å². The molecule has 1 aromatic rings. The molecule has 0 aliphatic rings. The molecule has 0 aromatic carbocycles. The number of nitrogens with zero attached hydrogens (tertiary/aromatic N) is 3. The lowest BCUT2D eigenvalue weighted by Crippen LogP contribution is -2.20. The summed E-state index contributed by atoms with van der Waals surface area (Å²) in [5.74, 6) is -0.120. The van der Waals surface area contributed by atoms with Crippen molar-refractivity contribution in [1.82, 2.24) is 4.98 Å². The van der Waals surface area contributed by atoms with E-state index < -0.39 is 0 Å². The Balaban J connectivity index is 2.91. The van der Waals surface area contributed by atoms with E-state index in [-0.39, 0.29) is 17.4 Å². The molecule has 0 amide bonds. The second-order valence-electron chi connectivity index (χ2n) is 3.59. The molecule has 0 fully saturated rings. The van der Waals surface area contributed by atoms with Gasteiger partial charge in [0.1, 0.15) is 5.15 Å². The molecule has 1 rings (SSSR count). The van der Waals surface area contributed by atoms with Crippen LogP contribution in [-0.2, 0) is 0 Å². The fraction of sp³-hybridized carbons (Fsp3) is 0.455. The van der Waals surface area contributed by atoms with Crippen LogP contribution in [0, 0.1) is 10.1 Å². The van der Waals surface area contributed by atoms with Crippen molar-refractivity contribution in [3.05, 3.63) is 39.2 Å². The molecular weight excluding hydrogens is 242 g/mol. The summed E-state index contributed by atoms with van der Waals surface area (Å²) in [7, 11) is 0. The number of nitro groups is 1. The minimum absolute atomic E-state index is 0.120. The van der Waals surface area contributed by atoms with E-state index in [2.05, 4.69) is 9.98 Å². The van der Waals surface area contributed by atoms with Crippen LogP contribution in [0.2, 0.25) is 5.15 Å². The van der Waals surface area contributed by atoms with E-state index in [0.717, 1.165) is 5.56 Å². The molecule has 1 heterocycles. The van der Waals surface area contributed by atoms with Crippen LogP contribution in [-0.4, -0.2) is 28.7 Å². The molecule has 0 radical (unpaired) electrons. The van der Waals surface area contributed by atoms with E-state index in [1.165, 1.54) is 0 Å². The predicted molar refractivity (Wildman–Crippen MR) is 67.5 cm³/mol. The van der Waals surface area contributed by atoms with Crippen molar-refractivity contribution < 1.29 is 4.92 Å². The Kier molecular flexibility index (Phi) is 5.03. The van der Waals surface area contributed by atoms with Crippen LogP contribution in [0.25, 0.3) is 0 Å². The van der Waals surface area contributed by atoms with Gasteiger partial charge in [-0.3, -0.25) is 15.1 Å². The minimum atomic E-state index is -0.367. The Hall–Kier alpha value is -1.49. The fourth-order valence-corrected chi connectivity index (χ4v) is 1.61. The summed E-state index contributed by atoms with van der Waals surface area (Å²) in [5.41, 5.74) is 1.44. The predicted octanol–water partition coefficient (Wildman–Crippen LogP) is 2.58. The lowest BCUT2D eigenvalue weighted by molar-refractivity contribution is -0.463. The van der Waals surface area contributed by atoms with Crippen molar-refractivity contribution in [1.29, 1.82) is 0 Å². The molecule has 0 aliphatic heterocycles. The third kappa shape index (κ3) is 4.11. The first-order chi connectivity index (χ1) is 8.04. The maximum atomic E-state index is 10.6. The second-order valence-corrected chi connectivity index (χ2v) is 3.98. The van der Waals surface area contributed by atoms with Crippen LogP contribution in [0.3, 0.4) is 0 Å². The van der Waals surface area contributed by atoms with Gasteiger partial charge < -0.3 is 0 Å². The molecule has 0 saturated carbocycles. The monoisotopic (exact) mass is 255 g/mol. The molecule has 0 bridgehead atoms. The minimum Gasteiger partial charge on any atom is -0.287 e. The largest absolute Gasteiger partial charge is 0.287 e. The van der Waals surface area contributed by atoms with E-state index in [0.29, 0.717) is 17.4 Å². The van der Waals surface area contributed by atoms with Crippen molar-refractivity contribution in [2.45, 2.75) is 19.8 Å². The number of hydrogen-bond acceptors (Lipinski definition) is 4. The molecule has 0 N–H and O–H groups in total. The summed E-state index contributed by atoms with van der Waals surface area (Å²) in [6, 6.07) is 3.48. The lowest BCUT2D eigenvalue weighted by Gasteiger charge is -2.11. The van der Waals surface area contributed by atoms with Crippen molar-refractivity contribution in [3.63, 3.8) is 0 Å². The Bertz CT molecular complexity index is 417. The molecule has 1 unspecified atom stereocenters. The standard InChI is InChI=1S/C11H14ClN3O2/c1-3-13-10(7-15(16)17)8(2)9-4-5-11(12)14-6-9/h4-6,8H,3,7H2,1-2H3. The lowest BCUT2D eigenvalue weighted by atomic mass is 9.97. The molecule has 5 nitrogen and oxygen atoms in total. The van der Waals surface area contributed by atoms with Crippen LogP contribution in [0.1, 0.15) is 25.3 Å². The number of rotatable bonds is 5. The molecule has 0 aliphatic carbocycles. The van der Waals surface area contributed by atoms with E-state index in [1.807, 2.05) is 19.9 Å². The summed E-state index contributed by atoms with van der Waals surface area (Å²) < 4.78 is 0. The van der Waals surface area contributed by atoms with Gasteiger partial charge in [0.25, 0.3) is 0 Å². The van der Waals surface area contributed by atoms with Crippen molar-refractivity contribution in [2.24, 2.45) is 4.99 Å². The number of aliphatic imine (C=N–C) groups is 1. The summed E-state index contributed by atoms with van der Waals surface area (Å²) in [5, 5.41) is 11.0. The Morgan fingerprint density at radius 3 is 2.82 bits per heavy atom. The van der Waals surface area contributed by atoms with Gasteiger partial charge in [0.05, 0.1) is 5.71 Å². The van der Waals surface area contributed by atoms with Gasteiger partial charge in [-0.25, -0.2) is 4.98 Å². The average molecular weight is 256 g/mol. The Labute approximate surface area is 105 Å². The van der Waals surface area contributed by atoms with Crippen molar-refractivity contribution in [2.75, 3.05) is 13.1 Å². The number of halogens is 1. The van der Waals surface area contributed by atoms with Crippen LogP contribution in [0.5, 0.6) is 0 Å². The van der Waals surface area contributed by atoms with Gasteiger partial charge in [0.15, 0.2) is 0 Å². The third-order valence-corrected chi connectivity index (χ3v) is 2.63. The molecule has 1 atom stereocenters. The zero-order valence-corrected chi connectivity index (χ0v) is 10.5. The van der Waals surface area contributed by atoms with Gasteiger partial charge in [0.2, 0.25) is 6.54 Å². The smallest absolute Gasteiger partial charge is 0.241 e. The van der Waals surface area contributed by atoms with Gasteiger partial charge in [-0.1, -0.05) is 24.6 Å². The highest BCUT2D eigenvalue weighted by Gasteiger charge is 2.17. The molecule has 0 saturated heterocycles. The van der Waals surface area contributed by atoms with E-state index >= 15 is 0 Å². The van der Waals surface area contributed by atoms with Crippen LogP contribution in [0.4, 0.5) is 0 Å². The Morgan fingerprint density at radius 1 is 1.65 bits per heavy atom. The van der Waals surface area contributed by atoms with Crippen LogP contribution in [0.15, 0.2) is 23.3 Å². The normalized spacial score (nSPS) is 13.5. The van der Waals surface area contributed by atoms with Gasteiger partial charge >= 0.3 is 0 Å². The Morgan fingerprint density at radius 2 is 2.35 bits per heavy atom. The van der Waals surface area contributed by atoms with Gasteiger partial charge in [-0.2, -0.15) is 0 Å². The van der Waals surface area contributed by atoms with E-state index in [4.69, 9.17) is 11.6 Å². The number of pyridine rings is 1. The van der Waals surface area contributed by atoms with Crippen LogP contribution >= 0.6 is 11.6 Å². The summed E-state index contributed by atoms with van der Waals surface area (Å²) >= 11 is 5.69. The zero-order valence-electron chi connectivity index (χ0n) is 9.76. The maximum absolute atomic E-state index is 10.6. The zero-order chi connectivity index (χ0) is 12.8. The maximum Gasteiger partial charge on any atom is 0.241 e. The summed E-state index contributed by atoms with van der Waals surface area (Å²) in [6.45, 7) is 4.03. The molecular formula is C11H14ClN3O2. The van der Waals surface area contributed by atoms with E-state index in [1.54, 1.807) is 12.3 Å². The molecule has 6 heteroatoms. The SMILES string of the molecule is CCN=C(C[N+](=O)[O-])C(C)c1ccc(Cl)nc1. The second kappa shape index (κ2) is 6.30. The number of aromatic nitrogens is 1. The highest BCUT2D eigenvalue weighted by Crippen LogP contribution is 2.18. The fourth-order valence-electron chi connectivity index (χ4n) is 1.50. The summed E-state index contributed by atoms with van der Waals surface area (Å²) in [4.78, 5) is 18.3. The topological polar surface area (TPSA) is 68.4 Å². The quantitative estimate of drug-likeness (QED) is 0.351. The first-order valence-electron chi connectivity index (χ1n) is 5.31. The van der Waals surface area contributed by atoms with Crippen LogP contribution < -0.4 is 0 Å². The first-order valence-corrected chi connectivity index (χ1v) is 5.68. The van der Waals surface area contributed by atoms with Gasteiger partial charge in [-0.15, -0.1) is 0 Å². The average Bonchev–Trinajstić information content (AvgIpc) is 2.28. The van der Waals surface area contributed by atoms with E-state index in [9.17, 15) is 10.1 Å². The highest BCUT2D eigenvalue weighted by molar-refractivity contribution is 6.29. The molecule has 0 spiro atoms. The molecule has 17 heavy (non-hydrogen) atoms. The molecule has 1 aromatic heterocycles. The van der Waals surface area contributed by atoms with Crippen molar-refractivity contribution >= 4 is 17.3 Å².